The maximum atomic E-state index is 4.83. The lowest BCUT2D eigenvalue weighted by Crippen LogP contribution is -2.23. The molecule has 2 heterocycles. The van der Waals surface area contributed by atoms with Crippen LogP contribution in [0.5, 0.6) is 0 Å². The molecule has 0 amide bonds. The summed E-state index contributed by atoms with van der Waals surface area (Å²) in [6.07, 6.45) is 10.7. The summed E-state index contributed by atoms with van der Waals surface area (Å²) in [5, 5.41) is 3.54. The number of anilines is 1. The molecular weight excluding hydrogens is 346 g/mol. The second kappa shape index (κ2) is 5.69. The quantitative estimate of drug-likeness (QED) is 0.831. The average Bonchev–Trinajstić information content (AvgIpc) is 2.89. The van der Waals surface area contributed by atoms with Gasteiger partial charge in [0.15, 0.2) is 0 Å². The van der Waals surface area contributed by atoms with Crippen LogP contribution in [0.15, 0.2) is 16.0 Å². The van der Waals surface area contributed by atoms with Gasteiger partial charge in [0.05, 0.1) is 9.48 Å². The molecule has 2 aromatic rings. The van der Waals surface area contributed by atoms with Crippen LogP contribution in [-0.4, -0.2) is 16.0 Å². The van der Waals surface area contributed by atoms with Crippen molar-refractivity contribution >= 4 is 33.2 Å². The fourth-order valence-corrected chi connectivity index (χ4v) is 5.05. The van der Waals surface area contributed by atoms with Gasteiger partial charge >= 0.3 is 0 Å². The topological polar surface area (TPSA) is 37.8 Å². The number of aromatic nitrogens is 2. The third-order valence-electron chi connectivity index (χ3n) is 4.46. The summed E-state index contributed by atoms with van der Waals surface area (Å²) in [4.78, 5) is 10.8. The fraction of sp³-hybridized carbons (Fsp3) is 0.500. The normalized spacial score (nSPS) is 18.1. The monoisotopic (exact) mass is 363 g/mol. The number of nitrogens with zero attached hydrogens (tertiary/aromatic N) is 2. The van der Waals surface area contributed by atoms with Crippen molar-refractivity contribution in [2.45, 2.75) is 51.0 Å². The predicted molar refractivity (Wildman–Crippen MR) is 90.9 cm³/mol. The number of rotatable bonds is 2. The largest absolute Gasteiger partial charge is 0.351 e. The Balaban J connectivity index is 1.64. The molecule has 1 fully saturated rings. The van der Waals surface area contributed by atoms with Crippen LogP contribution < -0.4 is 5.32 Å². The van der Waals surface area contributed by atoms with E-state index >= 15 is 0 Å². The molecule has 0 spiro atoms. The van der Waals surface area contributed by atoms with Crippen LogP contribution in [-0.2, 0) is 12.8 Å². The van der Waals surface area contributed by atoms with Crippen LogP contribution in [0.4, 0.5) is 5.95 Å². The Kier molecular flexibility index (Phi) is 3.71. The van der Waals surface area contributed by atoms with Gasteiger partial charge in [0.2, 0.25) is 5.95 Å². The maximum Gasteiger partial charge on any atom is 0.223 e. The molecule has 2 aromatic heterocycles. The fourth-order valence-electron chi connectivity index (χ4n) is 3.35. The van der Waals surface area contributed by atoms with Crippen molar-refractivity contribution in [2.75, 3.05) is 5.32 Å². The zero-order valence-electron chi connectivity index (χ0n) is 11.9. The van der Waals surface area contributed by atoms with E-state index in [4.69, 9.17) is 4.98 Å². The van der Waals surface area contributed by atoms with E-state index in [0.29, 0.717) is 6.04 Å². The summed E-state index contributed by atoms with van der Waals surface area (Å²) in [6.45, 7) is 0. The molecule has 2 aliphatic carbocycles. The van der Waals surface area contributed by atoms with Gasteiger partial charge in [-0.2, -0.15) is 0 Å². The summed E-state index contributed by atoms with van der Waals surface area (Å²) in [7, 11) is 0. The average molecular weight is 364 g/mol. The van der Waals surface area contributed by atoms with E-state index in [1.54, 1.807) is 0 Å². The van der Waals surface area contributed by atoms with Gasteiger partial charge in [-0.3, -0.25) is 0 Å². The predicted octanol–water partition coefficient (Wildman–Crippen LogP) is 4.81. The second-order valence-electron chi connectivity index (χ2n) is 5.93. The van der Waals surface area contributed by atoms with Crippen LogP contribution >= 0.6 is 27.3 Å². The Morgan fingerprint density at radius 1 is 1.19 bits per heavy atom. The molecule has 0 radical (unpaired) electrons. The van der Waals surface area contributed by atoms with Crippen LogP contribution in [0, 0.1) is 0 Å². The zero-order chi connectivity index (χ0) is 14.2. The molecule has 1 N–H and O–H groups in total. The number of fused-ring (bicyclic) bond motifs is 3. The summed E-state index contributed by atoms with van der Waals surface area (Å²) in [5.41, 5.74) is 3.70. The molecule has 21 heavy (non-hydrogen) atoms. The van der Waals surface area contributed by atoms with Gasteiger partial charge in [-0.15, -0.1) is 11.3 Å². The molecule has 0 bridgehead atoms. The molecule has 0 aromatic carbocycles. The Morgan fingerprint density at radius 2 is 2.05 bits per heavy atom. The molecule has 0 atom stereocenters. The number of halogens is 1. The smallest absolute Gasteiger partial charge is 0.223 e. The Bertz CT molecular complexity index is 662. The first kappa shape index (κ1) is 13.7. The van der Waals surface area contributed by atoms with Crippen LogP contribution in [0.25, 0.3) is 11.3 Å². The van der Waals surface area contributed by atoms with Crippen molar-refractivity contribution in [1.29, 1.82) is 0 Å². The number of hydrogen-bond acceptors (Lipinski definition) is 4. The Labute approximate surface area is 137 Å². The third kappa shape index (κ3) is 2.73. The molecule has 5 heteroatoms. The van der Waals surface area contributed by atoms with Gasteiger partial charge < -0.3 is 5.32 Å². The minimum atomic E-state index is 0.550. The first-order valence-electron chi connectivity index (χ1n) is 7.70. The molecule has 0 saturated heterocycles. The van der Waals surface area contributed by atoms with E-state index in [1.807, 2.05) is 17.5 Å². The van der Waals surface area contributed by atoms with E-state index < -0.39 is 0 Å². The first-order chi connectivity index (χ1) is 10.3. The minimum absolute atomic E-state index is 0.550. The highest BCUT2D eigenvalue weighted by Gasteiger charge is 2.22. The molecule has 3 nitrogen and oxygen atoms in total. The number of thiophene rings is 1. The molecule has 0 unspecified atom stereocenters. The molecular formula is C16H18BrN3S. The molecule has 4 rings (SSSR count). The van der Waals surface area contributed by atoms with E-state index in [-0.39, 0.29) is 0 Å². The van der Waals surface area contributed by atoms with E-state index in [0.717, 1.165) is 24.5 Å². The summed E-state index contributed by atoms with van der Waals surface area (Å²) in [6, 6.07) is 2.75. The van der Waals surface area contributed by atoms with Crippen LogP contribution in [0.2, 0.25) is 0 Å². The second-order valence-corrected chi connectivity index (χ2v) is 8.45. The Hall–Kier alpha value is -0.940. The lowest BCUT2D eigenvalue weighted by Gasteiger charge is -2.23. The molecule has 0 aliphatic heterocycles. The number of hydrogen-bond donors (Lipinski definition) is 1. The van der Waals surface area contributed by atoms with Crippen molar-refractivity contribution < 1.29 is 0 Å². The minimum Gasteiger partial charge on any atom is -0.351 e. The highest BCUT2D eigenvalue weighted by molar-refractivity contribution is 9.11. The van der Waals surface area contributed by atoms with Crippen LogP contribution in [0.1, 0.15) is 42.5 Å². The number of aryl methyl sites for hydroxylation is 2. The summed E-state index contributed by atoms with van der Waals surface area (Å²) >= 11 is 5.43. The van der Waals surface area contributed by atoms with Gasteiger partial charge in [0, 0.05) is 22.7 Å². The van der Waals surface area contributed by atoms with Gasteiger partial charge in [-0.1, -0.05) is 19.3 Å². The SMILES string of the molecule is Brc1cc2c(s1)CCc1cnc(NC3CCCCC3)nc1-2. The lowest BCUT2D eigenvalue weighted by molar-refractivity contribution is 0.461. The van der Waals surface area contributed by atoms with Crippen LogP contribution in [0.3, 0.4) is 0 Å². The van der Waals surface area contributed by atoms with Gasteiger partial charge in [0.25, 0.3) is 0 Å². The Morgan fingerprint density at radius 3 is 2.90 bits per heavy atom. The van der Waals surface area contributed by atoms with Crippen molar-refractivity contribution in [1.82, 2.24) is 9.97 Å². The van der Waals surface area contributed by atoms with Crippen molar-refractivity contribution in [2.24, 2.45) is 0 Å². The first-order valence-corrected chi connectivity index (χ1v) is 9.31. The van der Waals surface area contributed by atoms with Gasteiger partial charge in [0.1, 0.15) is 0 Å². The summed E-state index contributed by atoms with van der Waals surface area (Å²) in [5.74, 6) is 0.802. The highest BCUT2D eigenvalue weighted by atomic mass is 79.9. The van der Waals surface area contributed by atoms with Gasteiger partial charge in [-0.05, 0) is 53.2 Å². The van der Waals surface area contributed by atoms with E-state index in [2.05, 4.69) is 32.3 Å². The third-order valence-corrected chi connectivity index (χ3v) is 6.16. The summed E-state index contributed by atoms with van der Waals surface area (Å²) < 4.78 is 1.20. The van der Waals surface area contributed by atoms with Crippen molar-refractivity contribution in [3.05, 3.63) is 26.5 Å². The highest BCUT2D eigenvalue weighted by Crippen LogP contribution is 2.39. The maximum absolute atomic E-state index is 4.83. The van der Waals surface area contributed by atoms with Crippen molar-refractivity contribution in [3.8, 4) is 11.3 Å². The zero-order valence-corrected chi connectivity index (χ0v) is 14.3. The molecule has 1 saturated carbocycles. The van der Waals surface area contributed by atoms with E-state index in [1.165, 1.54) is 51.9 Å². The van der Waals surface area contributed by atoms with E-state index in [9.17, 15) is 0 Å². The lowest BCUT2D eigenvalue weighted by atomic mass is 9.95. The standard InChI is InChI=1S/C16H18BrN3S/c17-14-8-12-13(21-14)7-6-10-9-18-16(20-15(10)12)19-11-4-2-1-3-5-11/h8-9,11H,1-7H2,(H,18,19,20). The van der Waals surface area contributed by atoms with Gasteiger partial charge in [-0.25, -0.2) is 9.97 Å². The molecule has 110 valence electrons. The molecule has 2 aliphatic rings. The van der Waals surface area contributed by atoms with Crippen molar-refractivity contribution in [3.63, 3.8) is 0 Å². The number of nitrogens with one attached hydrogen (secondary N) is 1.